The van der Waals surface area contributed by atoms with Gasteiger partial charge in [0, 0.05) is 24.2 Å². The van der Waals surface area contributed by atoms with Crippen LogP contribution in [0, 0.1) is 13.8 Å². The van der Waals surface area contributed by atoms with Crippen molar-refractivity contribution in [2.24, 2.45) is 0 Å². The lowest BCUT2D eigenvalue weighted by molar-refractivity contribution is -0.0440. The second-order valence-electron chi connectivity index (χ2n) is 8.27. The van der Waals surface area contributed by atoms with Crippen LogP contribution in [0.3, 0.4) is 0 Å². The normalized spacial score (nSPS) is 19.4. The van der Waals surface area contributed by atoms with Gasteiger partial charge in [-0.1, -0.05) is 11.2 Å². The molecule has 0 unspecified atom stereocenters. The van der Waals surface area contributed by atoms with Gasteiger partial charge in [-0.3, -0.25) is 10.1 Å². The first-order valence-electron chi connectivity index (χ1n) is 10.6. The van der Waals surface area contributed by atoms with Gasteiger partial charge in [-0.25, -0.2) is 8.42 Å². The van der Waals surface area contributed by atoms with Gasteiger partial charge in [-0.15, -0.1) is 5.10 Å². The van der Waals surface area contributed by atoms with Crippen LogP contribution in [0.1, 0.15) is 35.3 Å². The van der Waals surface area contributed by atoms with E-state index >= 15 is 0 Å². The van der Waals surface area contributed by atoms with Crippen molar-refractivity contribution in [3.63, 3.8) is 0 Å². The summed E-state index contributed by atoms with van der Waals surface area (Å²) in [7, 11) is -3.68. The largest absolute Gasteiger partial charge is 0.403 e. The number of aryl methyl sites for hydroxylation is 2. The molecule has 1 saturated heterocycles. The molecule has 33 heavy (non-hydrogen) atoms. The first-order chi connectivity index (χ1) is 15.6. The highest BCUT2D eigenvalue weighted by Crippen LogP contribution is 2.24. The average Bonchev–Trinajstić information content (AvgIpc) is 3.23. The lowest BCUT2D eigenvalue weighted by Gasteiger charge is -2.34. The number of benzene rings is 2. The van der Waals surface area contributed by atoms with Gasteiger partial charge in [0.05, 0.1) is 17.1 Å². The number of nitrogens with zero attached hydrogens (tertiary/aromatic N) is 3. The first kappa shape index (κ1) is 23.1. The molecule has 2 heterocycles. The molecule has 1 aliphatic heterocycles. The third-order valence-electron chi connectivity index (χ3n) is 5.54. The summed E-state index contributed by atoms with van der Waals surface area (Å²) in [4.78, 5) is 12.7. The Morgan fingerprint density at radius 2 is 1.67 bits per heavy atom. The van der Waals surface area contributed by atoms with Crippen LogP contribution >= 0.6 is 0 Å². The van der Waals surface area contributed by atoms with E-state index in [9.17, 15) is 13.2 Å². The summed E-state index contributed by atoms with van der Waals surface area (Å²) < 4.78 is 38.5. The molecule has 10 heteroatoms. The maximum Gasteiger partial charge on any atom is 0.322 e. The Kier molecular flexibility index (Phi) is 6.33. The maximum absolute atomic E-state index is 13.0. The molecule has 3 aromatic rings. The highest BCUT2D eigenvalue weighted by atomic mass is 32.2. The van der Waals surface area contributed by atoms with Crippen molar-refractivity contribution >= 4 is 21.9 Å². The highest BCUT2D eigenvalue weighted by Gasteiger charge is 2.32. The monoisotopic (exact) mass is 470 g/mol. The van der Waals surface area contributed by atoms with E-state index < -0.39 is 15.9 Å². The fourth-order valence-electron chi connectivity index (χ4n) is 3.69. The molecule has 4 rings (SSSR count). The Morgan fingerprint density at radius 1 is 1.00 bits per heavy atom. The highest BCUT2D eigenvalue weighted by molar-refractivity contribution is 7.89. The number of carbonyl (C=O) groups excluding carboxylic acids is 1. The van der Waals surface area contributed by atoms with Crippen LogP contribution in [-0.4, -0.2) is 54.1 Å². The van der Waals surface area contributed by atoms with Crippen LogP contribution in [0.25, 0.3) is 11.5 Å². The SMILES string of the molecule is Cc1ccc(-c2nnc(NC(=O)c3ccc(S(=O)(=O)N4C[C@@H](C)O[C@@H](C)C4)cc3)o2)cc1C. The zero-order valence-corrected chi connectivity index (χ0v) is 19.7. The molecule has 1 amide bonds. The van der Waals surface area contributed by atoms with Crippen LogP contribution in [0.2, 0.25) is 0 Å². The van der Waals surface area contributed by atoms with Gasteiger partial charge in [-0.2, -0.15) is 4.31 Å². The number of aromatic nitrogens is 2. The molecule has 0 radical (unpaired) electrons. The predicted octanol–water partition coefficient (Wildman–Crippen LogP) is 3.40. The van der Waals surface area contributed by atoms with E-state index in [1.807, 2.05) is 45.9 Å². The van der Waals surface area contributed by atoms with Gasteiger partial charge in [0.25, 0.3) is 5.91 Å². The van der Waals surface area contributed by atoms with Crippen LogP contribution in [0.15, 0.2) is 51.8 Å². The van der Waals surface area contributed by atoms with E-state index in [0.717, 1.165) is 16.7 Å². The zero-order valence-electron chi connectivity index (χ0n) is 18.9. The van der Waals surface area contributed by atoms with Gasteiger partial charge in [-0.05, 0) is 75.2 Å². The summed E-state index contributed by atoms with van der Waals surface area (Å²) in [5.74, 6) is -0.188. The van der Waals surface area contributed by atoms with Crippen molar-refractivity contribution in [2.45, 2.75) is 44.8 Å². The number of sulfonamides is 1. The van der Waals surface area contributed by atoms with Crippen LogP contribution in [0.5, 0.6) is 0 Å². The van der Waals surface area contributed by atoms with Crippen LogP contribution < -0.4 is 5.32 Å². The molecule has 2 atom stereocenters. The van der Waals surface area contributed by atoms with Gasteiger partial charge < -0.3 is 9.15 Å². The Hall–Kier alpha value is -3.08. The summed E-state index contributed by atoms with van der Waals surface area (Å²) >= 11 is 0. The molecule has 2 aromatic carbocycles. The number of anilines is 1. The molecule has 0 aliphatic carbocycles. The van der Waals surface area contributed by atoms with E-state index in [4.69, 9.17) is 9.15 Å². The minimum Gasteiger partial charge on any atom is -0.403 e. The third-order valence-corrected chi connectivity index (χ3v) is 7.39. The van der Waals surface area contributed by atoms with E-state index in [0.29, 0.717) is 5.89 Å². The minimum atomic E-state index is -3.68. The van der Waals surface area contributed by atoms with Crippen LogP contribution in [0.4, 0.5) is 6.01 Å². The molecule has 1 fully saturated rings. The number of hydrogen-bond acceptors (Lipinski definition) is 7. The van der Waals surface area contributed by atoms with E-state index in [2.05, 4.69) is 15.5 Å². The molecule has 0 saturated carbocycles. The third kappa shape index (κ3) is 4.97. The number of ether oxygens (including phenoxy) is 1. The summed E-state index contributed by atoms with van der Waals surface area (Å²) in [6, 6.07) is 11.5. The van der Waals surface area contributed by atoms with Crippen molar-refractivity contribution in [2.75, 3.05) is 18.4 Å². The van der Waals surface area contributed by atoms with Gasteiger partial charge >= 0.3 is 6.01 Å². The number of carbonyl (C=O) groups is 1. The molecule has 0 bridgehead atoms. The number of nitrogens with one attached hydrogen (secondary N) is 1. The minimum absolute atomic E-state index is 0.0405. The summed E-state index contributed by atoms with van der Waals surface area (Å²) in [5.41, 5.74) is 3.26. The Bertz CT molecular complexity index is 1260. The fraction of sp³-hybridized carbons (Fsp3) is 0.348. The molecular weight excluding hydrogens is 444 g/mol. The molecule has 1 N–H and O–H groups in total. The molecular formula is C23H26N4O5S. The quantitative estimate of drug-likeness (QED) is 0.608. The van der Waals surface area contributed by atoms with Crippen molar-refractivity contribution in [3.8, 4) is 11.5 Å². The van der Waals surface area contributed by atoms with Crippen molar-refractivity contribution in [1.82, 2.24) is 14.5 Å². The van der Waals surface area contributed by atoms with Crippen molar-refractivity contribution in [1.29, 1.82) is 0 Å². The Labute approximate surface area is 192 Å². The summed E-state index contributed by atoms with van der Waals surface area (Å²) in [6.45, 7) is 8.26. The smallest absolute Gasteiger partial charge is 0.322 e. The molecule has 1 aromatic heterocycles. The molecule has 9 nitrogen and oxygen atoms in total. The summed E-state index contributed by atoms with van der Waals surface area (Å²) in [6.07, 6.45) is -0.367. The molecule has 0 spiro atoms. The lowest BCUT2D eigenvalue weighted by Crippen LogP contribution is -2.48. The Morgan fingerprint density at radius 3 is 2.30 bits per heavy atom. The summed E-state index contributed by atoms with van der Waals surface area (Å²) in [5, 5.41) is 10.4. The number of hydrogen-bond donors (Lipinski definition) is 1. The standard InChI is InChI=1S/C23H26N4O5S/c1-14-5-6-19(11-15(14)2)22-25-26-23(32-22)24-21(28)18-7-9-20(10-8-18)33(29,30)27-12-16(3)31-17(4)13-27/h5-11,16-17H,12-13H2,1-4H3,(H,24,26,28)/t16-,17+. The second kappa shape index (κ2) is 9.05. The van der Waals surface area contributed by atoms with Gasteiger partial charge in [0.2, 0.25) is 15.9 Å². The average molecular weight is 471 g/mol. The van der Waals surface area contributed by atoms with Gasteiger partial charge in [0.1, 0.15) is 0 Å². The number of morpholine rings is 1. The molecule has 1 aliphatic rings. The first-order valence-corrected chi connectivity index (χ1v) is 12.1. The lowest BCUT2D eigenvalue weighted by atomic mass is 10.1. The van der Waals surface area contributed by atoms with Crippen molar-refractivity contribution in [3.05, 3.63) is 59.2 Å². The maximum atomic E-state index is 13.0. The second-order valence-corrected chi connectivity index (χ2v) is 10.2. The number of amides is 1. The molecule has 174 valence electrons. The van der Waals surface area contributed by atoms with E-state index in [1.54, 1.807) is 0 Å². The topological polar surface area (TPSA) is 115 Å². The predicted molar refractivity (Wildman–Crippen MR) is 122 cm³/mol. The van der Waals surface area contributed by atoms with E-state index in [-0.39, 0.29) is 41.8 Å². The van der Waals surface area contributed by atoms with E-state index in [1.165, 1.54) is 28.6 Å². The fourth-order valence-corrected chi connectivity index (χ4v) is 5.28. The van der Waals surface area contributed by atoms with Gasteiger partial charge in [0.15, 0.2) is 0 Å². The Balaban J connectivity index is 1.46. The van der Waals surface area contributed by atoms with Crippen molar-refractivity contribution < 1.29 is 22.4 Å². The van der Waals surface area contributed by atoms with Crippen LogP contribution in [-0.2, 0) is 14.8 Å². The zero-order chi connectivity index (χ0) is 23.8. The number of rotatable bonds is 5.